The van der Waals surface area contributed by atoms with Gasteiger partial charge in [0.15, 0.2) is 0 Å². The highest BCUT2D eigenvalue weighted by molar-refractivity contribution is 5.93. The molecular weight excluding hydrogens is 446 g/mol. The van der Waals surface area contributed by atoms with Crippen LogP contribution in [0.25, 0.3) is 0 Å². The van der Waals surface area contributed by atoms with Crippen LogP contribution < -0.4 is 10.3 Å². The van der Waals surface area contributed by atoms with Crippen LogP contribution in [0.5, 0.6) is 5.75 Å². The Morgan fingerprint density at radius 3 is 2.69 bits per heavy atom. The van der Waals surface area contributed by atoms with Crippen molar-refractivity contribution >= 4 is 11.9 Å². The molecule has 1 saturated carbocycles. The molecule has 0 radical (unpaired) electrons. The first-order valence-corrected chi connectivity index (χ1v) is 12.7. The van der Waals surface area contributed by atoms with Gasteiger partial charge in [0.25, 0.3) is 5.56 Å². The maximum absolute atomic E-state index is 13.0. The number of ether oxygens (including phenoxy) is 2. The number of pyridine rings is 2. The minimum atomic E-state index is -0.543. The summed E-state index contributed by atoms with van der Waals surface area (Å²) in [5.74, 6) is 0.457. The van der Waals surface area contributed by atoms with Crippen molar-refractivity contribution in [1.82, 2.24) is 14.5 Å². The van der Waals surface area contributed by atoms with Gasteiger partial charge in [-0.3, -0.25) is 14.6 Å². The number of hydrogen-bond donors (Lipinski definition) is 0. The van der Waals surface area contributed by atoms with Crippen LogP contribution in [0, 0.1) is 5.92 Å². The van der Waals surface area contributed by atoms with E-state index in [0.717, 1.165) is 12.1 Å². The second kappa shape index (κ2) is 12.0. The summed E-state index contributed by atoms with van der Waals surface area (Å²) in [4.78, 5) is 44.8. The van der Waals surface area contributed by atoms with Crippen molar-refractivity contribution in [2.75, 3.05) is 26.8 Å². The fourth-order valence-corrected chi connectivity index (χ4v) is 5.21. The van der Waals surface area contributed by atoms with Crippen LogP contribution in [0.1, 0.15) is 66.7 Å². The Kier molecular flexibility index (Phi) is 8.55. The molecule has 4 rings (SSSR count). The van der Waals surface area contributed by atoms with E-state index in [-0.39, 0.29) is 29.4 Å². The predicted molar refractivity (Wildman–Crippen MR) is 132 cm³/mol. The van der Waals surface area contributed by atoms with Gasteiger partial charge in [0, 0.05) is 62.5 Å². The van der Waals surface area contributed by atoms with Gasteiger partial charge in [0.05, 0.1) is 13.7 Å². The first-order chi connectivity index (χ1) is 17.1. The average Bonchev–Trinajstić information content (AvgIpc) is 3.12. The molecule has 0 bridgehead atoms. The molecule has 1 aliphatic heterocycles. The summed E-state index contributed by atoms with van der Waals surface area (Å²) < 4.78 is 12.5. The van der Waals surface area contributed by atoms with Crippen molar-refractivity contribution in [3.8, 4) is 5.75 Å². The van der Waals surface area contributed by atoms with Crippen molar-refractivity contribution < 1.29 is 19.1 Å². The summed E-state index contributed by atoms with van der Waals surface area (Å²) in [6.45, 7) is 1.54. The molecule has 188 valence electrons. The lowest BCUT2D eigenvalue weighted by molar-refractivity contribution is -0.131. The molecule has 0 unspecified atom stereocenters. The Bertz CT molecular complexity index is 1080. The highest BCUT2D eigenvalue weighted by Crippen LogP contribution is 2.28. The van der Waals surface area contributed by atoms with E-state index in [1.54, 1.807) is 10.8 Å². The second-order valence-corrected chi connectivity index (χ2v) is 9.40. The molecule has 0 atom stereocenters. The number of nitrogens with zero attached hydrogens (tertiary/aromatic N) is 3. The van der Waals surface area contributed by atoms with Gasteiger partial charge in [-0.25, -0.2) is 4.79 Å². The molecule has 1 aliphatic carbocycles. The lowest BCUT2D eigenvalue weighted by Crippen LogP contribution is -2.34. The van der Waals surface area contributed by atoms with Gasteiger partial charge in [-0.05, 0) is 24.5 Å². The number of carbonyl (C=O) groups excluding carboxylic acids is 2. The Hall–Kier alpha value is -3.16. The zero-order chi connectivity index (χ0) is 24.6. The number of rotatable bonds is 8. The summed E-state index contributed by atoms with van der Waals surface area (Å²) in [5.41, 5.74) is 1.46. The number of carbonyl (C=O) groups is 2. The molecule has 0 aromatic carbocycles. The minimum Gasteiger partial charge on any atom is -0.492 e. The van der Waals surface area contributed by atoms with Crippen LogP contribution in [0.15, 0.2) is 35.3 Å². The van der Waals surface area contributed by atoms with Gasteiger partial charge in [0.1, 0.15) is 11.3 Å². The fraction of sp³-hybridized carbons (Fsp3) is 0.556. The van der Waals surface area contributed by atoms with Crippen LogP contribution in [-0.4, -0.2) is 53.1 Å². The van der Waals surface area contributed by atoms with E-state index >= 15 is 0 Å². The minimum absolute atomic E-state index is 0.128. The Morgan fingerprint density at radius 1 is 1.11 bits per heavy atom. The topological polar surface area (TPSA) is 90.7 Å². The van der Waals surface area contributed by atoms with E-state index in [1.165, 1.54) is 45.3 Å². The Morgan fingerprint density at radius 2 is 1.94 bits per heavy atom. The van der Waals surface area contributed by atoms with Crippen LogP contribution in [0.3, 0.4) is 0 Å². The number of amides is 1. The first-order valence-electron chi connectivity index (χ1n) is 12.7. The lowest BCUT2D eigenvalue weighted by atomic mass is 9.86. The van der Waals surface area contributed by atoms with Gasteiger partial charge in [-0.1, -0.05) is 38.2 Å². The molecule has 2 aromatic rings. The summed E-state index contributed by atoms with van der Waals surface area (Å²) in [6, 6.07) is 7.00. The van der Waals surface area contributed by atoms with Crippen molar-refractivity contribution in [2.24, 2.45) is 5.92 Å². The SMILES string of the molecule is COC(=O)c1c(OCCc2ccccn2)cc(=O)n2c1CCN(C(=O)CCC1CCCCC1)CC2. The molecule has 3 heterocycles. The summed E-state index contributed by atoms with van der Waals surface area (Å²) in [6.07, 6.45) is 10.4. The van der Waals surface area contributed by atoms with Crippen LogP contribution in [0.4, 0.5) is 0 Å². The molecule has 8 heteroatoms. The summed E-state index contributed by atoms with van der Waals surface area (Å²) >= 11 is 0. The molecule has 8 nitrogen and oxygen atoms in total. The van der Waals surface area contributed by atoms with Gasteiger partial charge in [-0.15, -0.1) is 0 Å². The van der Waals surface area contributed by atoms with E-state index in [4.69, 9.17) is 9.47 Å². The molecule has 0 saturated heterocycles. The number of hydrogen-bond acceptors (Lipinski definition) is 6. The van der Waals surface area contributed by atoms with E-state index in [2.05, 4.69) is 4.98 Å². The van der Waals surface area contributed by atoms with Crippen molar-refractivity contribution in [3.05, 3.63) is 57.8 Å². The van der Waals surface area contributed by atoms with Gasteiger partial charge < -0.3 is 18.9 Å². The average molecular weight is 482 g/mol. The standard InChI is InChI=1S/C27H35N3O5/c1-34-27(33)26-22-12-15-29(24(31)11-10-20-7-3-2-4-8-20)16-17-30(22)25(32)19-23(26)35-18-13-21-9-5-6-14-28-21/h5-6,9,14,19-20H,2-4,7-8,10-13,15-18H2,1H3. The van der Waals surface area contributed by atoms with Gasteiger partial charge in [-0.2, -0.15) is 0 Å². The van der Waals surface area contributed by atoms with E-state index < -0.39 is 5.97 Å². The third-order valence-corrected chi connectivity index (χ3v) is 7.17. The Balaban J connectivity index is 1.46. The molecule has 2 aliphatic rings. The third-order valence-electron chi connectivity index (χ3n) is 7.17. The van der Waals surface area contributed by atoms with Gasteiger partial charge >= 0.3 is 5.97 Å². The molecular formula is C27H35N3O5. The van der Waals surface area contributed by atoms with Crippen LogP contribution in [-0.2, 0) is 28.9 Å². The zero-order valence-corrected chi connectivity index (χ0v) is 20.5. The fourth-order valence-electron chi connectivity index (χ4n) is 5.21. The summed E-state index contributed by atoms with van der Waals surface area (Å²) in [7, 11) is 1.32. The van der Waals surface area contributed by atoms with E-state index in [9.17, 15) is 14.4 Å². The first kappa shape index (κ1) is 24.9. The number of methoxy groups -OCH3 is 1. The largest absolute Gasteiger partial charge is 0.492 e. The molecule has 0 spiro atoms. The van der Waals surface area contributed by atoms with E-state index in [0.29, 0.717) is 50.5 Å². The predicted octanol–water partition coefficient (Wildman–Crippen LogP) is 3.40. The smallest absolute Gasteiger partial charge is 0.343 e. The molecule has 1 amide bonds. The molecule has 0 N–H and O–H groups in total. The molecule has 2 aromatic heterocycles. The number of esters is 1. The highest BCUT2D eigenvalue weighted by atomic mass is 16.5. The number of fused-ring (bicyclic) bond motifs is 1. The third kappa shape index (κ3) is 6.29. The van der Waals surface area contributed by atoms with E-state index in [1.807, 2.05) is 23.1 Å². The van der Waals surface area contributed by atoms with Gasteiger partial charge in [0.2, 0.25) is 5.91 Å². The zero-order valence-electron chi connectivity index (χ0n) is 20.5. The maximum atomic E-state index is 13.0. The summed E-state index contributed by atoms with van der Waals surface area (Å²) in [5, 5.41) is 0. The maximum Gasteiger partial charge on any atom is 0.343 e. The Labute approximate surface area is 206 Å². The van der Waals surface area contributed by atoms with Crippen molar-refractivity contribution in [2.45, 2.75) is 64.3 Å². The molecule has 1 fully saturated rings. The normalized spacial score (nSPS) is 16.3. The van der Waals surface area contributed by atoms with Crippen molar-refractivity contribution in [3.63, 3.8) is 0 Å². The lowest BCUT2D eigenvalue weighted by Gasteiger charge is -2.24. The highest BCUT2D eigenvalue weighted by Gasteiger charge is 2.27. The number of aromatic nitrogens is 2. The van der Waals surface area contributed by atoms with Crippen LogP contribution >= 0.6 is 0 Å². The monoisotopic (exact) mass is 481 g/mol. The quantitative estimate of drug-likeness (QED) is 0.537. The van der Waals surface area contributed by atoms with Crippen LogP contribution in [0.2, 0.25) is 0 Å². The second-order valence-electron chi connectivity index (χ2n) is 9.40. The van der Waals surface area contributed by atoms with Crippen molar-refractivity contribution in [1.29, 1.82) is 0 Å². The molecule has 35 heavy (non-hydrogen) atoms.